The molecular formula is C21H28N2O2. The number of carbonyl (C=O) groups is 1. The number of nitrogens with zero attached hydrogens (tertiary/aromatic N) is 1. The van der Waals surface area contributed by atoms with Crippen LogP contribution in [0.15, 0.2) is 29.4 Å². The Bertz CT molecular complexity index is 632. The Balaban J connectivity index is 1.23. The van der Waals surface area contributed by atoms with Crippen molar-refractivity contribution in [1.29, 1.82) is 0 Å². The van der Waals surface area contributed by atoms with Crippen molar-refractivity contribution < 1.29 is 9.63 Å². The van der Waals surface area contributed by atoms with Crippen molar-refractivity contribution in [3.8, 4) is 0 Å². The number of rotatable bonds is 6. The van der Waals surface area contributed by atoms with Gasteiger partial charge in [-0.25, -0.2) is 0 Å². The average Bonchev–Trinajstić information content (AvgIpc) is 2.57. The highest BCUT2D eigenvalue weighted by atomic mass is 16.6. The first kappa shape index (κ1) is 16.6. The molecule has 4 aliphatic carbocycles. The van der Waals surface area contributed by atoms with Crippen LogP contribution in [0.4, 0.5) is 0 Å². The largest absolute Gasteiger partial charge is 0.386 e. The molecule has 1 aromatic rings. The van der Waals surface area contributed by atoms with Gasteiger partial charge in [0, 0.05) is 6.54 Å². The maximum absolute atomic E-state index is 12.1. The number of hydrogen-bond donors (Lipinski definition) is 1. The first-order valence-electron chi connectivity index (χ1n) is 9.60. The summed E-state index contributed by atoms with van der Waals surface area (Å²) in [6.45, 7) is 2.84. The van der Waals surface area contributed by atoms with E-state index in [4.69, 9.17) is 4.84 Å². The van der Waals surface area contributed by atoms with Crippen LogP contribution in [0.1, 0.15) is 49.7 Å². The number of carbonyl (C=O) groups excluding carboxylic acids is 1. The van der Waals surface area contributed by atoms with Gasteiger partial charge in [0.25, 0.3) is 5.91 Å². The van der Waals surface area contributed by atoms with E-state index >= 15 is 0 Å². The minimum atomic E-state index is -0.0577. The number of amides is 1. The number of oxime groups is 1. The quantitative estimate of drug-likeness (QED) is 0.634. The van der Waals surface area contributed by atoms with E-state index in [1.807, 2.05) is 31.2 Å². The summed E-state index contributed by atoms with van der Waals surface area (Å²) in [5.41, 5.74) is 2.52. The van der Waals surface area contributed by atoms with Crippen molar-refractivity contribution in [3.63, 3.8) is 0 Å². The molecule has 1 N–H and O–H groups in total. The lowest BCUT2D eigenvalue weighted by atomic mass is 9.49. The maximum atomic E-state index is 12.1. The van der Waals surface area contributed by atoms with Crippen molar-refractivity contribution in [2.24, 2.45) is 28.3 Å². The summed E-state index contributed by atoms with van der Waals surface area (Å²) in [6.07, 6.45) is 9.90. The number of hydrogen-bond acceptors (Lipinski definition) is 3. The molecule has 4 nitrogen and oxygen atoms in total. The van der Waals surface area contributed by atoms with Gasteiger partial charge in [-0.15, -0.1) is 0 Å². The number of nitrogens with one attached hydrogen (secondary N) is 1. The fourth-order valence-electron chi connectivity index (χ4n) is 5.77. The van der Waals surface area contributed by atoms with Crippen LogP contribution < -0.4 is 5.32 Å². The Kier molecular flexibility index (Phi) is 4.53. The van der Waals surface area contributed by atoms with E-state index in [1.54, 1.807) is 6.21 Å². The topological polar surface area (TPSA) is 50.7 Å². The van der Waals surface area contributed by atoms with E-state index < -0.39 is 0 Å². The lowest BCUT2D eigenvalue weighted by Crippen LogP contribution is -2.51. The summed E-state index contributed by atoms with van der Waals surface area (Å²) < 4.78 is 0. The summed E-state index contributed by atoms with van der Waals surface area (Å²) in [4.78, 5) is 17.3. The van der Waals surface area contributed by atoms with Gasteiger partial charge >= 0.3 is 0 Å². The SMILES string of the molecule is Cc1ccccc1/C=N\OCC(=O)NCC12CC3CC(CC(C3)C1)C2. The van der Waals surface area contributed by atoms with Crippen molar-refractivity contribution in [3.05, 3.63) is 35.4 Å². The van der Waals surface area contributed by atoms with E-state index in [0.29, 0.717) is 5.41 Å². The van der Waals surface area contributed by atoms with Crippen molar-refractivity contribution in [2.45, 2.75) is 45.4 Å². The fourth-order valence-corrected chi connectivity index (χ4v) is 5.77. The molecule has 4 heteroatoms. The molecule has 134 valence electrons. The third kappa shape index (κ3) is 3.73. The van der Waals surface area contributed by atoms with Gasteiger partial charge in [-0.2, -0.15) is 0 Å². The van der Waals surface area contributed by atoms with Gasteiger partial charge in [-0.05, 0) is 79.7 Å². The molecule has 0 heterocycles. The zero-order chi connectivity index (χ0) is 17.3. The molecule has 25 heavy (non-hydrogen) atoms. The van der Waals surface area contributed by atoms with Gasteiger partial charge in [0.05, 0.1) is 6.21 Å². The molecule has 0 atom stereocenters. The Hall–Kier alpha value is -1.84. The van der Waals surface area contributed by atoms with Crippen LogP contribution in [0.5, 0.6) is 0 Å². The molecule has 0 spiro atoms. The summed E-state index contributed by atoms with van der Waals surface area (Å²) in [5.74, 6) is 2.69. The molecule has 4 fully saturated rings. The maximum Gasteiger partial charge on any atom is 0.260 e. The average molecular weight is 340 g/mol. The van der Waals surface area contributed by atoms with Crippen LogP contribution in [-0.2, 0) is 9.63 Å². The highest BCUT2D eigenvalue weighted by Crippen LogP contribution is 2.59. The lowest BCUT2D eigenvalue weighted by Gasteiger charge is -2.56. The summed E-state index contributed by atoms with van der Waals surface area (Å²) >= 11 is 0. The van der Waals surface area contributed by atoms with Crippen LogP contribution >= 0.6 is 0 Å². The highest BCUT2D eigenvalue weighted by Gasteiger charge is 2.50. The molecular weight excluding hydrogens is 312 g/mol. The van der Waals surface area contributed by atoms with Crippen LogP contribution in [0.3, 0.4) is 0 Å². The van der Waals surface area contributed by atoms with Gasteiger partial charge in [0.2, 0.25) is 0 Å². The van der Waals surface area contributed by atoms with Crippen molar-refractivity contribution in [2.75, 3.05) is 13.2 Å². The predicted molar refractivity (Wildman–Crippen MR) is 98.3 cm³/mol. The summed E-state index contributed by atoms with van der Waals surface area (Å²) in [5, 5.41) is 7.04. The molecule has 4 aliphatic rings. The first-order valence-corrected chi connectivity index (χ1v) is 9.60. The van der Waals surface area contributed by atoms with Gasteiger partial charge in [0.15, 0.2) is 6.61 Å². The molecule has 5 rings (SSSR count). The highest BCUT2D eigenvalue weighted by molar-refractivity contribution is 5.81. The first-order chi connectivity index (χ1) is 12.1. The Morgan fingerprint density at radius 3 is 2.48 bits per heavy atom. The van der Waals surface area contributed by atoms with Crippen molar-refractivity contribution >= 4 is 12.1 Å². The molecule has 1 amide bonds. The second kappa shape index (κ2) is 6.81. The van der Waals surface area contributed by atoms with Gasteiger partial charge in [-0.3, -0.25) is 4.79 Å². The molecule has 0 radical (unpaired) electrons. The normalized spacial score (nSPS) is 32.9. The van der Waals surface area contributed by atoms with E-state index in [2.05, 4.69) is 10.5 Å². The van der Waals surface area contributed by atoms with Crippen LogP contribution in [0.2, 0.25) is 0 Å². The fraction of sp³-hybridized carbons (Fsp3) is 0.619. The third-order valence-electron chi connectivity index (χ3n) is 6.48. The van der Waals surface area contributed by atoms with E-state index in [-0.39, 0.29) is 12.5 Å². The minimum Gasteiger partial charge on any atom is -0.386 e. The number of benzene rings is 1. The summed E-state index contributed by atoms with van der Waals surface area (Å²) in [6, 6.07) is 7.97. The van der Waals surface area contributed by atoms with Crippen LogP contribution in [-0.4, -0.2) is 25.3 Å². The second-order valence-corrected chi connectivity index (χ2v) is 8.56. The molecule has 0 unspecified atom stereocenters. The Labute approximate surface area is 150 Å². The molecule has 0 saturated heterocycles. The van der Waals surface area contributed by atoms with E-state index in [9.17, 15) is 4.79 Å². The van der Waals surface area contributed by atoms with Crippen LogP contribution in [0, 0.1) is 30.1 Å². The van der Waals surface area contributed by atoms with Crippen LogP contribution in [0.25, 0.3) is 0 Å². The van der Waals surface area contributed by atoms with Gasteiger partial charge in [-0.1, -0.05) is 29.4 Å². The van der Waals surface area contributed by atoms with Gasteiger partial charge in [0.1, 0.15) is 0 Å². The lowest BCUT2D eigenvalue weighted by molar-refractivity contribution is -0.127. The molecule has 0 aromatic heterocycles. The zero-order valence-corrected chi connectivity index (χ0v) is 15.0. The molecule has 4 saturated carbocycles. The molecule has 0 aliphatic heterocycles. The molecule has 1 aromatic carbocycles. The van der Waals surface area contributed by atoms with E-state index in [0.717, 1.165) is 35.4 Å². The third-order valence-corrected chi connectivity index (χ3v) is 6.48. The van der Waals surface area contributed by atoms with Crippen molar-refractivity contribution in [1.82, 2.24) is 5.32 Å². The Morgan fingerprint density at radius 1 is 1.20 bits per heavy atom. The smallest absolute Gasteiger partial charge is 0.260 e. The number of aryl methyl sites for hydroxylation is 1. The molecule has 4 bridgehead atoms. The minimum absolute atomic E-state index is 0.00521. The Morgan fingerprint density at radius 2 is 1.84 bits per heavy atom. The predicted octanol–water partition coefficient (Wildman–Crippen LogP) is 3.68. The monoisotopic (exact) mass is 340 g/mol. The van der Waals surface area contributed by atoms with E-state index in [1.165, 1.54) is 38.5 Å². The zero-order valence-electron chi connectivity index (χ0n) is 15.0. The van der Waals surface area contributed by atoms with Gasteiger partial charge < -0.3 is 10.2 Å². The summed E-state index contributed by atoms with van der Waals surface area (Å²) in [7, 11) is 0. The standard InChI is InChI=1S/C21H28N2O2/c1-15-4-2-3-5-19(15)12-23-25-13-20(24)22-14-21-9-16-6-17(10-21)8-18(7-16)11-21/h2-5,12,16-18H,6-11,13-14H2,1H3,(H,22,24)/b23-12-. The second-order valence-electron chi connectivity index (χ2n) is 8.56.